The minimum atomic E-state index is -0.337. The number of furan rings is 2. The maximum atomic E-state index is 12.2. The standard InChI is InChI=1S/C28H22NO2.C15H28O2.Ir/c1-16-15-30-24-14-21-25(13-20(16)24)31-23-9-10-29-27(26(21)23)18-11-17-7-5-6-8-19(17)22(12-18)28(2,3)4;1-7-14(5,8-2)12(16)11-13(17)15(6,9-3)10-4;/h5-10,12-15H,1-4H3;11,16H,7-10H2,1-6H3;/q-1;;/b;12-11-;. The number of aliphatic hydroxyl groups is 1. The first-order valence-corrected chi connectivity index (χ1v) is 17.3. The predicted octanol–water partition coefficient (Wildman–Crippen LogP) is 12.6. The van der Waals surface area contributed by atoms with Gasteiger partial charge in [-0.05, 0) is 61.8 Å². The predicted molar refractivity (Wildman–Crippen MR) is 200 cm³/mol. The number of rotatable bonds is 8. The van der Waals surface area contributed by atoms with Crippen LogP contribution in [0.25, 0.3) is 54.9 Å². The number of pyridine rings is 1. The third-order valence-electron chi connectivity index (χ3n) is 10.7. The van der Waals surface area contributed by atoms with E-state index in [2.05, 4.69) is 69.3 Å². The SMILES string of the molecule is CCC(C)(CC)C(=O)/C=C(\O)C(C)(CC)CC.Cc1coc2cc3c(cc12)oc1ccnc(-c2[c-]c4ccccc4c(C(C)(C)C)c2)c13.[Ir]. The molecule has 3 heterocycles. The number of aromatic nitrogens is 1. The Balaban J connectivity index is 0.000000260. The van der Waals surface area contributed by atoms with Gasteiger partial charge in [0.2, 0.25) is 0 Å². The van der Waals surface area contributed by atoms with E-state index in [1.54, 1.807) is 6.26 Å². The van der Waals surface area contributed by atoms with E-state index in [0.717, 1.165) is 80.8 Å². The first kappa shape index (κ1) is 38.1. The molecule has 0 atom stereocenters. The van der Waals surface area contributed by atoms with E-state index in [1.165, 1.54) is 17.0 Å². The molecule has 0 amide bonds. The van der Waals surface area contributed by atoms with Crippen LogP contribution < -0.4 is 0 Å². The normalized spacial score (nSPS) is 12.7. The molecule has 5 nitrogen and oxygen atoms in total. The van der Waals surface area contributed by atoms with Crippen molar-refractivity contribution < 1.29 is 38.8 Å². The molecule has 1 radical (unpaired) electrons. The summed E-state index contributed by atoms with van der Waals surface area (Å²) < 4.78 is 12.0. The molecule has 6 rings (SSSR count). The van der Waals surface area contributed by atoms with Crippen molar-refractivity contribution in [1.82, 2.24) is 4.98 Å². The van der Waals surface area contributed by atoms with Gasteiger partial charge >= 0.3 is 0 Å². The van der Waals surface area contributed by atoms with E-state index >= 15 is 0 Å². The summed E-state index contributed by atoms with van der Waals surface area (Å²) in [5.74, 6) is 0.286. The van der Waals surface area contributed by atoms with Gasteiger partial charge in [-0.2, -0.15) is 0 Å². The molecule has 0 bridgehead atoms. The van der Waals surface area contributed by atoms with Crippen molar-refractivity contribution >= 4 is 49.5 Å². The molecule has 6 aromatic rings. The van der Waals surface area contributed by atoms with Crippen LogP contribution in [-0.2, 0) is 30.3 Å². The molecule has 0 unspecified atom stereocenters. The maximum absolute atomic E-state index is 12.2. The fourth-order valence-corrected chi connectivity index (χ4v) is 6.23. The maximum Gasteiger partial charge on any atom is 0.164 e. The molecule has 0 saturated heterocycles. The van der Waals surface area contributed by atoms with Gasteiger partial charge in [-0.15, -0.1) is 29.1 Å². The number of ketones is 1. The second-order valence-electron chi connectivity index (χ2n) is 14.7. The number of nitrogens with zero attached hydrogens (tertiary/aromatic N) is 1. The first-order chi connectivity index (χ1) is 22.7. The molecular formula is C43H50IrNO4-. The van der Waals surface area contributed by atoms with E-state index in [1.807, 2.05) is 60.7 Å². The number of fused-ring (bicyclic) bond motifs is 5. The summed E-state index contributed by atoms with van der Waals surface area (Å²) in [6.45, 7) is 20.9. The van der Waals surface area contributed by atoms with Crippen LogP contribution in [0.2, 0.25) is 0 Å². The zero-order chi connectivity index (χ0) is 35.0. The van der Waals surface area contributed by atoms with Crippen molar-refractivity contribution in [3.63, 3.8) is 0 Å². The van der Waals surface area contributed by atoms with Gasteiger partial charge in [0.1, 0.15) is 22.5 Å². The van der Waals surface area contributed by atoms with E-state index in [-0.39, 0.29) is 47.9 Å². The number of aryl methyl sites for hydroxylation is 1. The molecule has 0 aliphatic heterocycles. The molecule has 0 aliphatic carbocycles. The second kappa shape index (κ2) is 14.6. The summed E-state index contributed by atoms with van der Waals surface area (Å²) in [4.78, 5) is 17.0. The molecule has 6 heteroatoms. The van der Waals surface area contributed by atoms with E-state index in [0.29, 0.717) is 0 Å². The van der Waals surface area contributed by atoms with Crippen LogP contribution in [0.5, 0.6) is 0 Å². The molecule has 0 fully saturated rings. The smallest absolute Gasteiger partial charge is 0.164 e. The zero-order valence-corrected chi connectivity index (χ0v) is 33.0. The first-order valence-electron chi connectivity index (χ1n) is 17.3. The largest absolute Gasteiger partial charge is 0.512 e. The Morgan fingerprint density at radius 3 is 2.10 bits per heavy atom. The summed E-state index contributed by atoms with van der Waals surface area (Å²) >= 11 is 0. The second-order valence-corrected chi connectivity index (χ2v) is 14.7. The third-order valence-corrected chi connectivity index (χ3v) is 10.7. The topological polar surface area (TPSA) is 76.5 Å². The van der Waals surface area contributed by atoms with Gasteiger partial charge < -0.3 is 13.9 Å². The van der Waals surface area contributed by atoms with Gasteiger partial charge in [0.15, 0.2) is 5.78 Å². The molecule has 0 aliphatic rings. The molecule has 3 aromatic heterocycles. The average molecular weight is 837 g/mol. The molecule has 49 heavy (non-hydrogen) atoms. The summed E-state index contributed by atoms with van der Waals surface area (Å²) in [6, 6.07) is 20.4. The van der Waals surface area contributed by atoms with Crippen molar-refractivity contribution in [3.8, 4) is 11.3 Å². The summed E-state index contributed by atoms with van der Waals surface area (Å²) in [5, 5.41) is 15.6. The number of carbonyl (C=O) groups is 1. The number of aliphatic hydroxyl groups excluding tert-OH is 1. The Labute approximate surface area is 304 Å². The Hall–Kier alpha value is -3.73. The molecular weight excluding hydrogens is 787 g/mol. The Bertz CT molecular complexity index is 2130. The van der Waals surface area contributed by atoms with Gasteiger partial charge in [0.25, 0.3) is 0 Å². The van der Waals surface area contributed by atoms with Crippen LogP contribution in [0.4, 0.5) is 0 Å². The van der Waals surface area contributed by atoms with Crippen molar-refractivity contribution in [2.45, 2.75) is 100 Å². The van der Waals surface area contributed by atoms with Gasteiger partial charge in [0, 0.05) is 65.1 Å². The van der Waals surface area contributed by atoms with Crippen LogP contribution in [-0.4, -0.2) is 15.9 Å². The Morgan fingerprint density at radius 2 is 1.47 bits per heavy atom. The number of allylic oxidation sites excluding steroid dienone is 2. The van der Waals surface area contributed by atoms with Crippen LogP contribution in [0.1, 0.15) is 99.1 Å². The molecule has 1 N–H and O–H groups in total. The fraction of sp³-hybridized carbons (Fsp3) is 0.395. The van der Waals surface area contributed by atoms with Crippen molar-refractivity contribution in [1.29, 1.82) is 0 Å². The van der Waals surface area contributed by atoms with Gasteiger partial charge in [-0.1, -0.05) is 91.5 Å². The number of benzene rings is 3. The summed E-state index contributed by atoms with van der Waals surface area (Å²) in [6.07, 6.45) is 8.36. The number of hydrogen-bond donors (Lipinski definition) is 1. The molecule has 261 valence electrons. The van der Waals surface area contributed by atoms with Crippen LogP contribution in [0, 0.1) is 23.8 Å². The summed E-state index contributed by atoms with van der Waals surface area (Å²) in [7, 11) is 0. The number of hydrogen-bond acceptors (Lipinski definition) is 5. The third kappa shape index (κ3) is 7.28. The molecule has 0 saturated carbocycles. The molecule has 3 aromatic carbocycles. The fourth-order valence-electron chi connectivity index (χ4n) is 6.23. The van der Waals surface area contributed by atoms with Crippen LogP contribution in [0.3, 0.4) is 0 Å². The van der Waals surface area contributed by atoms with Crippen LogP contribution >= 0.6 is 0 Å². The quantitative estimate of drug-likeness (QED) is 0.0939. The molecule has 0 spiro atoms. The Morgan fingerprint density at radius 1 is 0.837 bits per heavy atom. The van der Waals surface area contributed by atoms with Crippen molar-refractivity contribution in [2.24, 2.45) is 10.8 Å². The van der Waals surface area contributed by atoms with E-state index in [4.69, 9.17) is 13.8 Å². The van der Waals surface area contributed by atoms with Gasteiger partial charge in [-0.25, -0.2) is 0 Å². The minimum Gasteiger partial charge on any atom is -0.512 e. The van der Waals surface area contributed by atoms with E-state index in [9.17, 15) is 9.90 Å². The summed E-state index contributed by atoms with van der Waals surface area (Å²) in [5.41, 5.74) is 6.17. The van der Waals surface area contributed by atoms with E-state index < -0.39 is 0 Å². The van der Waals surface area contributed by atoms with Gasteiger partial charge in [0.05, 0.1) is 6.26 Å². The minimum absolute atomic E-state index is 0. The zero-order valence-electron chi connectivity index (χ0n) is 30.6. The van der Waals surface area contributed by atoms with Crippen molar-refractivity contribution in [2.75, 3.05) is 0 Å². The van der Waals surface area contributed by atoms with Crippen LogP contribution in [0.15, 0.2) is 81.7 Å². The Kier molecular flexibility index (Phi) is 11.4. The monoisotopic (exact) mass is 837 g/mol. The number of carbonyl (C=O) groups excluding carboxylic acids is 1. The van der Waals surface area contributed by atoms with Gasteiger partial charge in [-0.3, -0.25) is 9.78 Å². The average Bonchev–Trinajstić information content (AvgIpc) is 3.64. The van der Waals surface area contributed by atoms with Crippen molar-refractivity contribution in [3.05, 3.63) is 90.0 Å².